The lowest BCUT2D eigenvalue weighted by Crippen LogP contribution is -2.60. The fourth-order valence-corrected chi connectivity index (χ4v) is 7.95. The molecule has 9 heteroatoms. The molecule has 6 N–H and O–H groups in total. The van der Waals surface area contributed by atoms with Crippen LogP contribution in [0.1, 0.15) is 226 Å². The van der Waals surface area contributed by atoms with Crippen LogP contribution in [0, 0.1) is 0 Å². The summed E-state index contributed by atoms with van der Waals surface area (Å²) < 4.78 is 11.2. The molecular formula is C53H97NO8. The highest BCUT2D eigenvalue weighted by molar-refractivity contribution is 5.76. The summed E-state index contributed by atoms with van der Waals surface area (Å²) in [5.74, 6) is -0.194. The third-order valence-corrected chi connectivity index (χ3v) is 12.1. The number of unbranched alkanes of at least 4 members (excludes halogenated alkanes) is 27. The Labute approximate surface area is 380 Å². The summed E-state index contributed by atoms with van der Waals surface area (Å²) in [5, 5.41) is 54.2. The van der Waals surface area contributed by atoms with Gasteiger partial charge in [-0.15, -0.1) is 0 Å². The molecular weight excluding hydrogens is 779 g/mol. The van der Waals surface area contributed by atoms with E-state index in [0.717, 1.165) is 51.4 Å². The van der Waals surface area contributed by atoms with Gasteiger partial charge < -0.3 is 40.3 Å². The molecule has 62 heavy (non-hydrogen) atoms. The average molecular weight is 876 g/mol. The Morgan fingerprint density at radius 2 is 0.919 bits per heavy atom. The molecule has 7 atom stereocenters. The molecule has 1 aliphatic rings. The number of hydrogen-bond acceptors (Lipinski definition) is 8. The van der Waals surface area contributed by atoms with Crippen molar-refractivity contribution >= 4 is 5.91 Å². The minimum absolute atomic E-state index is 0.194. The summed E-state index contributed by atoms with van der Waals surface area (Å²) in [6.45, 7) is 3.73. The summed E-state index contributed by atoms with van der Waals surface area (Å²) >= 11 is 0. The topological polar surface area (TPSA) is 149 Å². The first-order valence-electron chi connectivity index (χ1n) is 25.9. The smallest absolute Gasteiger partial charge is 0.220 e. The van der Waals surface area contributed by atoms with Crippen LogP contribution >= 0.6 is 0 Å². The second-order valence-corrected chi connectivity index (χ2v) is 17.9. The van der Waals surface area contributed by atoms with Crippen LogP contribution in [0.15, 0.2) is 48.6 Å². The first-order chi connectivity index (χ1) is 30.3. The maximum Gasteiger partial charge on any atom is 0.220 e. The van der Waals surface area contributed by atoms with E-state index in [1.165, 1.54) is 154 Å². The van der Waals surface area contributed by atoms with Gasteiger partial charge in [0.15, 0.2) is 6.29 Å². The van der Waals surface area contributed by atoms with Gasteiger partial charge in [-0.05, 0) is 70.6 Å². The molecule has 1 amide bonds. The molecule has 0 aromatic rings. The molecule has 1 fully saturated rings. The Hall–Kier alpha value is -1.85. The Bertz CT molecular complexity index is 1110. The van der Waals surface area contributed by atoms with Crippen molar-refractivity contribution in [3.05, 3.63) is 48.6 Å². The molecule has 1 aliphatic heterocycles. The number of carbonyl (C=O) groups excluding carboxylic acids is 1. The van der Waals surface area contributed by atoms with Gasteiger partial charge in [0, 0.05) is 6.42 Å². The molecule has 1 saturated heterocycles. The van der Waals surface area contributed by atoms with Crippen molar-refractivity contribution in [1.29, 1.82) is 0 Å². The van der Waals surface area contributed by atoms with Crippen molar-refractivity contribution in [2.45, 2.75) is 269 Å². The normalized spacial score (nSPS) is 20.7. The molecule has 1 rings (SSSR count). The maximum absolute atomic E-state index is 13.0. The van der Waals surface area contributed by atoms with Crippen LogP contribution < -0.4 is 5.32 Å². The highest BCUT2D eigenvalue weighted by Crippen LogP contribution is 2.23. The Morgan fingerprint density at radius 1 is 0.532 bits per heavy atom. The standard InChI is InChI=1S/C53H97NO8/c1-3-5-7-9-11-13-15-17-19-20-21-22-23-24-25-26-27-28-29-31-33-35-37-39-41-43-49(57)54-46(45-61-53-52(60)51(59)50(58)48(44-55)62-53)47(56)42-40-38-36-34-32-30-18-16-14-12-10-8-6-4-2/h14,16,24-25,32,34,40,42,46-48,50-53,55-56,58-60H,3-13,15,17-23,26-31,33,35-39,41,43-45H2,1-2H3,(H,54,57)/b16-14+,25-24-,34-32+,42-40+. The van der Waals surface area contributed by atoms with Crippen LogP contribution in [-0.2, 0) is 14.3 Å². The number of amides is 1. The molecule has 1 heterocycles. The first kappa shape index (κ1) is 58.2. The van der Waals surface area contributed by atoms with Gasteiger partial charge in [0.25, 0.3) is 0 Å². The van der Waals surface area contributed by atoms with E-state index in [2.05, 4.69) is 55.6 Å². The summed E-state index contributed by atoms with van der Waals surface area (Å²) in [4.78, 5) is 13.0. The van der Waals surface area contributed by atoms with Crippen molar-refractivity contribution in [3.8, 4) is 0 Å². The zero-order valence-corrected chi connectivity index (χ0v) is 39.9. The molecule has 9 nitrogen and oxygen atoms in total. The molecule has 7 unspecified atom stereocenters. The quantitative estimate of drug-likeness (QED) is 0.0262. The lowest BCUT2D eigenvalue weighted by molar-refractivity contribution is -0.302. The van der Waals surface area contributed by atoms with Crippen LogP contribution in [0.2, 0.25) is 0 Å². The molecule has 0 bridgehead atoms. The first-order valence-corrected chi connectivity index (χ1v) is 25.9. The number of carbonyl (C=O) groups is 1. The number of hydrogen-bond donors (Lipinski definition) is 6. The minimum atomic E-state index is -1.57. The SMILES string of the molecule is CCCCCC/C=C/CC/C=C/CC/C=C/C(O)C(COC1OC(CO)C(O)C(O)C1O)NC(=O)CCCCCCCCCCC/C=C\CCCCCCCCCCCCCC. The highest BCUT2D eigenvalue weighted by atomic mass is 16.7. The van der Waals surface area contributed by atoms with E-state index in [4.69, 9.17) is 9.47 Å². The minimum Gasteiger partial charge on any atom is -0.394 e. The highest BCUT2D eigenvalue weighted by Gasteiger charge is 2.44. The third-order valence-electron chi connectivity index (χ3n) is 12.1. The van der Waals surface area contributed by atoms with Crippen molar-refractivity contribution in [2.75, 3.05) is 13.2 Å². The van der Waals surface area contributed by atoms with E-state index < -0.39 is 49.5 Å². The second-order valence-electron chi connectivity index (χ2n) is 17.9. The van der Waals surface area contributed by atoms with Gasteiger partial charge in [0.05, 0.1) is 25.4 Å². The van der Waals surface area contributed by atoms with Crippen molar-refractivity contribution in [3.63, 3.8) is 0 Å². The van der Waals surface area contributed by atoms with Gasteiger partial charge in [-0.2, -0.15) is 0 Å². The fraction of sp³-hybridized carbons (Fsp3) is 0.830. The molecule has 0 aromatic heterocycles. The Kier molecular flexibility index (Phi) is 40.4. The van der Waals surface area contributed by atoms with E-state index in [1.54, 1.807) is 6.08 Å². The maximum atomic E-state index is 13.0. The molecule has 0 saturated carbocycles. The van der Waals surface area contributed by atoms with Gasteiger partial charge in [-0.3, -0.25) is 4.79 Å². The van der Waals surface area contributed by atoms with Crippen molar-refractivity contribution in [2.24, 2.45) is 0 Å². The lowest BCUT2D eigenvalue weighted by atomic mass is 9.99. The number of allylic oxidation sites excluding steroid dienone is 7. The number of aliphatic hydroxyl groups excluding tert-OH is 5. The van der Waals surface area contributed by atoms with E-state index in [1.807, 2.05) is 6.08 Å². The molecule has 0 radical (unpaired) electrons. The lowest BCUT2D eigenvalue weighted by Gasteiger charge is -2.40. The molecule has 0 aliphatic carbocycles. The van der Waals surface area contributed by atoms with Gasteiger partial charge in [0.2, 0.25) is 5.91 Å². The average Bonchev–Trinajstić information content (AvgIpc) is 3.27. The third kappa shape index (κ3) is 32.8. The summed E-state index contributed by atoms with van der Waals surface area (Å²) in [6, 6.07) is -0.829. The van der Waals surface area contributed by atoms with E-state index >= 15 is 0 Å². The van der Waals surface area contributed by atoms with E-state index in [9.17, 15) is 30.3 Å². The summed E-state index contributed by atoms with van der Waals surface area (Å²) in [5.41, 5.74) is 0. The van der Waals surface area contributed by atoms with Crippen molar-refractivity contribution < 1.29 is 39.8 Å². The summed E-state index contributed by atoms with van der Waals surface area (Å²) in [7, 11) is 0. The molecule has 0 spiro atoms. The van der Waals surface area contributed by atoms with E-state index in [-0.39, 0.29) is 12.5 Å². The Balaban J connectivity index is 2.26. The molecule has 0 aromatic carbocycles. The number of nitrogens with one attached hydrogen (secondary N) is 1. The zero-order chi connectivity index (χ0) is 45.1. The monoisotopic (exact) mass is 876 g/mol. The predicted octanol–water partition coefficient (Wildman–Crippen LogP) is 11.8. The number of aliphatic hydroxyl groups is 5. The van der Waals surface area contributed by atoms with Gasteiger partial charge in [0.1, 0.15) is 24.4 Å². The number of rotatable bonds is 43. The van der Waals surface area contributed by atoms with Gasteiger partial charge in [-0.1, -0.05) is 197 Å². The zero-order valence-electron chi connectivity index (χ0n) is 39.9. The molecule has 362 valence electrons. The van der Waals surface area contributed by atoms with Crippen LogP contribution in [-0.4, -0.2) is 87.5 Å². The number of ether oxygens (including phenoxy) is 2. The van der Waals surface area contributed by atoms with Gasteiger partial charge in [-0.25, -0.2) is 0 Å². The Morgan fingerprint density at radius 3 is 1.37 bits per heavy atom. The van der Waals surface area contributed by atoms with Crippen molar-refractivity contribution in [1.82, 2.24) is 5.32 Å². The van der Waals surface area contributed by atoms with Crippen LogP contribution in [0.3, 0.4) is 0 Å². The largest absolute Gasteiger partial charge is 0.394 e. The second kappa shape index (κ2) is 43.1. The van der Waals surface area contributed by atoms with Crippen LogP contribution in [0.4, 0.5) is 0 Å². The van der Waals surface area contributed by atoms with Crippen LogP contribution in [0.5, 0.6) is 0 Å². The van der Waals surface area contributed by atoms with Crippen LogP contribution in [0.25, 0.3) is 0 Å². The fourth-order valence-electron chi connectivity index (χ4n) is 7.95. The van der Waals surface area contributed by atoms with E-state index in [0.29, 0.717) is 6.42 Å². The summed E-state index contributed by atoms with van der Waals surface area (Å²) in [6.07, 6.45) is 48.8. The van der Waals surface area contributed by atoms with Gasteiger partial charge >= 0.3 is 0 Å². The predicted molar refractivity (Wildman–Crippen MR) is 258 cm³/mol.